The van der Waals surface area contributed by atoms with Gasteiger partial charge < -0.3 is 10.2 Å². The van der Waals surface area contributed by atoms with Crippen LogP contribution in [0.3, 0.4) is 0 Å². The Morgan fingerprint density at radius 2 is 1.88 bits per heavy atom. The van der Waals surface area contributed by atoms with Gasteiger partial charge in [-0.05, 0) is 55.7 Å². The Hall–Kier alpha value is -1.55. The maximum Gasteiger partial charge on any atom is 0.226 e. The Labute approximate surface area is 147 Å². The number of likely N-dealkylation sites (tertiary alicyclic amines) is 1. The zero-order chi connectivity index (χ0) is 16.7. The molecule has 24 heavy (non-hydrogen) atoms. The van der Waals surface area contributed by atoms with E-state index < -0.39 is 0 Å². The molecule has 2 saturated carbocycles. The molecule has 0 bridgehead atoms. The van der Waals surface area contributed by atoms with E-state index in [1.807, 2.05) is 23.1 Å². The van der Waals surface area contributed by atoms with E-state index in [1.165, 1.54) is 5.56 Å². The lowest BCUT2D eigenvalue weighted by Crippen LogP contribution is -2.44. The van der Waals surface area contributed by atoms with Gasteiger partial charge in [-0.2, -0.15) is 0 Å². The Balaban J connectivity index is 1.28. The molecule has 0 spiro atoms. The van der Waals surface area contributed by atoms with Crippen LogP contribution in [0.1, 0.15) is 43.6 Å². The normalized spacial score (nSPS) is 27.0. The smallest absolute Gasteiger partial charge is 0.226 e. The van der Waals surface area contributed by atoms with Crippen LogP contribution >= 0.6 is 11.6 Å². The van der Waals surface area contributed by atoms with E-state index in [1.54, 1.807) is 0 Å². The van der Waals surface area contributed by atoms with E-state index >= 15 is 0 Å². The third kappa shape index (κ3) is 3.44. The lowest BCUT2D eigenvalue weighted by Gasteiger charge is -2.31. The first-order chi connectivity index (χ1) is 11.6. The minimum absolute atomic E-state index is 0.0811. The quantitative estimate of drug-likeness (QED) is 0.911. The molecule has 1 saturated heterocycles. The van der Waals surface area contributed by atoms with Gasteiger partial charge in [0.05, 0.1) is 0 Å². The summed E-state index contributed by atoms with van der Waals surface area (Å²) in [6.45, 7) is 1.42. The summed E-state index contributed by atoms with van der Waals surface area (Å²) in [6, 6.07) is 8.25. The monoisotopic (exact) mass is 346 g/mol. The highest BCUT2D eigenvalue weighted by atomic mass is 35.5. The first kappa shape index (κ1) is 15.9. The predicted molar refractivity (Wildman–Crippen MR) is 92.8 cm³/mol. The van der Waals surface area contributed by atoms with Crippen molar-refractivity contribution >= 4 is 23.4 Å². The van der Waals surface area contributed by atoms with E-state index in [9.17, 15) is 9.59 Å². The van der Waals surface area contributed by atoms with Crippen LogP contribution < -0.4 is 5.32 Å². The van der Waals surface area contributed by atoms with Crippen LogP contribution in [-0.4, -0.2) is 35.8 Å². The van der Waals surface area contributed by atoms with E-state index in [-0.39, 0.29) is 23.7 Å². The van der Waals surface area contributed by atoms with Gasteiger partial charge in [-0.3, -0.25) is 9.59 Å². The van der Waals surface area contributed by atoms with Crippen LogP contribution in [0.4, 0.5) is 0 Å². The number of carbonyl (C=O) groups is 2. The Bertz CT molecular complexity index is 651. The summed E-state index contributed by atoms with van der Waals surface area (Å²) in [5.74, 6) is 0.929. The molecule has 1 aromatic carbocycles. The number of piperidine rings is 1. The standard InChI is InChI=1S/C19H23ClN2O2/c20-14-3-1-2-13(10-14)16-11-17(16)19(24)22-8-6-12(7-9-22)18(23)21-15-4-5-15/h1-3,10,12,15-17H,4-9,11H2,(H,21,23). The number of carbonyl (C=O) groups excluding carboxylic acids is 2. The number of hydrogen-bond donors (Lipinski definition) is 1. The Kier molecular flexibility index (Phi) is 4.25. The van der Waals surface area contributed by atoms with E-state index in [2.05, 4.69) is 11.4 Å². The van der Waals surface area contributed by atoms with Crippen molar-refractivity contribution in [3.05, 3.63) is 34.9 Å². The molecule has 5 heteroatoms. The first-order valence-corrected chi connectivity index (χ1v) is 9.34. The molecule has 2 atom stereocenters. The highest BCUT2D eigenvalue weighted by Crippen LogP contribution is 2.49. The second-order valence-corrected chi connectivity index (χ2v) is 7.82. The molecule has 4 rings (SSSR count). The Morgan fingerprint density at radius 1 is 1.12 bits per heavy atom. The second-order valence-electron chi connectivity index (χ2n) is 7.39. The topological polar surface area (TPSA) is 49.4 Å². The molecule has 1 heterocycles. The molecule has 2 aliphatic carbocycles. The van der Waals surface area contributed by atoms with Gasteiger partial charge >= 0.3 is 0 Å². The summed E-state index contributed by atoms with van der Waals surface area (Å²) in [5.41, 5.74) is 1.17. The van der Waals surface area contributed by atoms with Crippen molar-refractivity contribution in [3.8, 4) is 0 Å². The van der Waals surface area contributed by atoms with E-state index in [0.717, 1.165) is 37.1 Å². The highest BCUT2D eigenvalue weighted by molar-refractivity contribution is 6.30. The van der Waals surface area contributed by atoms with Gasteiger partial charge in [-0.25, -0.2) is 0 Å². The highest BCUT2D eigenvalue weighted by Gasteiger charge is 2.46. The summed E-state index contributed by atoms with van der Waals surface area (Å²) in [6.07, 6.45) is 4.74. The molecule has 3 aliphatic rings. The van der Waals surface area contributed by atoms with Crippen LogP contribution in [0.25, 0.3) is 0 Å². The van der Waals surface area contributed by atoms with Crippen LogP contribution in [-0.2, 0) is 9.59 Å². The molecule has 0 aromatic heterocycles. The average molecular weight is 347 g/mol. The molecule has 3 fully saturated rings. The first-order valence-electron chi connectivity index (χ1n) is 8.96. The fraction of sp³-hybridized carbons (Fsp3) is 0.579. The molecule has 4 nitrogen and oxygen atoms in total. The summed E-state index contributed by atoms with van der Waals surface area (Å²) < 4.78 is 0. The average Bonchev–Trinajstić information content (AvgIpc) is 3.49. The van der Waals surface area contributed by atoms with Crippen LogP contribution in [0, 0.1) is 11.8 Å². The lowest BCUT2D eigenvalue weighted by atomic mass is 9.95. The summed E-state index contributed by atoms with van der Waals surface area (Å²) in [7, 11) is 0. The Morgan fingerprint density at radius 3 is 2.54 bits per heavy atom. The molecule has 2 amide bonds. The van der Waals surface area contributed by atoms with Crippen LogP contribution in [0.2, 0.25) is 5.02 Å². The maximum atomic E-state index is 12.7. The molecule has 2 unspecified atom stereocenters. The van der Waals surface area contributed by atoms with Crippen LogP contribution in [0.15, 0.2) is 24.3 Å². The molecule has 0 radical (unpaired) electrons. The van der Waals surface area contributed by atoms with Crippen molar-refractivity contribution in [2.75, 3.05) is 13.1 Å². The number of nitrogens with one attached hydrogen (secondary N) is 1. The van der Waals surface area contributed by atoms with E-state index in [0.29, 0.717) is 25.0 Å². The van der Waals surface area contributed by atoms with Crippen molar-refractivity contribution in [2.24, 2.45) is 11.8 Å². The number of hydrogen-bond acceptors (Lipinski definition) is 2. The van der Waals surface area contributed by atoms with Gasteiger partial charge in [0.25, 0.3) is 0 Å². The fourth-order valence-electron chi connectivity index (χ4n) is 3.72. The molecule has 1 aliphatic heterocycles. The summed E-state index contributed by atoms with van der Waals surface area (Å²) >= 11 is 6.05. The maximum absolute atomic E-state index is 12.7. The number of halogens is 1. The molecular weight excluding hydrogens is 324 g/mol. The fourth-order valence-corrected chi connectivity index (χ4v) is 3.92. The number of rotatable bonds is 4. The number of benzene rings is 1. The van der Waals surface area contributed by atoms with Crippen LogP contribution in [0.5, 0.6) is 0 Å². The van der Waals surface area contributed by atoms with Crippen molar-refractivity contribution in [1.29, 1.82) is 0 Å². The predicted octanol–water partition coefficient (Wildman–Crippen LogP) is 2.96. The zero-order valence-electron chi connectivity index (χ0n) is 13.7. The zero-order valence-corrected chi connectivity index (χ0v) is 14.5. The van der Waals surface area contributed by atoms with Crippen molar-refractivity contribution in [1.82, 2.24) is 10.2 Å². The number of amides is 2. The lowest BCUT2D eigenvalue weighted by molar-refractivity contribution is -0.136. The van der Waals surface area contributed by atoms with Crippen molar-refractivity contribution in [2.45, 2.75) is 44.1 Å². The van der Waals surface area contributed by atoms with E-state index in [4.69, 9.17) is 11.6 Å². The van der Waals surface area contributed by atoms with Crippen molar-refractivity contribution in [3.63, 3.8) is 0 Å². The molecular formula is C19H23ClN2O2. The van der Waals surface area contributed by atoms with Gasteiger partial charge in [0, 0.05) is 36.0 Å². The largest absolute Gasteiger partial charge is 0.353 e. The minimum atomic E-state index is 0.0811. The third-order valence-electron chi connectivity index (χ3n) is 5.49. The van der Waals surface area contributed by atoms with Gasteiger partial charge in [0.2, 0.25) is 11.8 Å². The van der Waals surface area contributed by atoms with Gasteiger partial charge in [0.15, 0.2) is 0 Å². The van der Waals surface area contributed by atoms with Gasteiger partial charge in [0.1, 0.15) is 0 Å². The van der Waals surface area contributed by atoms with Crippen molar-refractivity contribution < 1.29 is 9.59 Å². The van der Waals surface area contributed by atoms with Gasteiger partial charge in [-0.1, -0.05) is 23.7 Å². The number of nitrogens with zero attached hydrogens (tertiary/aromatic N) is 1. The third-order valence-corrected chi connectivity index (χ3v) is 5.72. The second kappa shape index (κ2) is 6.40. The molecule has 1 aromatic rings. The molecule has 128 valence electrons. The SMILES string of the molecule is O=C(NC1CC1)C1CCN(C(=O)C2CC2c2cccc(Cl)c2)CC1. The summed E-state index contributed by atoms with van der Waals surface area (Å²) in [4.78, 5) is 26.8. The summed E-state index contributed by atoms with van der Waals surface area (Å²) in [5, 5.41) is 3.81. The molecule has 1 N–H and O–H groups in total. The van der Waals surface area contributed by atoms with Gasteiger partial charge in [-0.15, -0.1) is 0 Å². The minimum Gasteiger partial charge on any atom is -0.353 e.